The van der Waals surface area contributed by atoms with Gasteiger partial charge in [0.05, 0.1) is 6.61 Å². The molecule has 8 heteroatoms. The summed E-state index contributed by atoms with van der Waals surface area (Å²) in [5.74, 6) is 3.01. The van der Waals surface area contributed by atoms with E-state index >= 15 is 0 Å². The highest BCUT2D eigenvalue weighted by Gasteiger charge is 2.06. The first kappa shape index (κ1) is 22.2. The van der Waals surface area contributed by atoms with Crippen molar-refractivity contribution in [3.63, 3.8) is 0 Å². The molecular weight excluding hydrogens is 445 g/mol. The maximum Gasteiger partial charge on any atom is 0.226 e. The van der Waals surface area contributed by atoms with Crippen LogP contribution in [-0.4, -0.2) is 36.3 Å². The van der Waals surface area contributed by atoms with Gasteiger partial charge in [-0.3, -0.25) is 4.99 Å². The molecular formula is C18H28IN5O2. The summed E-state index contributed by atoms with van der Waals surface area (Å²) in [4.78, 5) is 8.44. The number of hydrogen-bond acceptors (Lipinski definition) is 5. The summed E-state index contributed by atoms with van der Waals surface area (Å²) in [6.07, 6.45) is 1.63. The number of nitrogens with one attached hydrogen (secondary N) is 2. The van der Waals surface area contributed by atoms with Crippen LogP contribution < -0.4 is 15.4 Å². The highest BCUT2D eigenvalue weighted by atomic mass is 127. The minimum absolute atomic E-state index is 0. The fourth-order valence-electron chi connectivity index (χ4n) is 2.39. The standard InChI is InChI=1S/C18H27N5O2.HI/c1-5-24-16-11-13(2)8-9-15(16)12-21-18(19-4)20-10-6-7-17-22-14(3)23-25-17;/h8-9,11H,5-7,10,12H2,1-4H3,(H2,19,20,21);1H. The van der Waals surface area contributed by atoms with E-state index in [1.54, 1.807) is 7.05 Å². The number of hydrogen-bond donors (Lipinski definition) is 2. The van der Waals surface area contributed by atoms with Gasteiger partial charge >= 0.3 is 0 Å². The van der Waals surface area contributed by atoms with E-state index in [2.05, 4.69) is 50.9 Å². The quantitative estimate of drug-likeness (QED) is 0.266. The molecule has 0 radical (unpaired) electrons. The second-order valence-corrected chi connectivity index (χ2v) is 5.74. The predicted molar refractivity (Wildman–Crippen MR) is 113 cm³/mol. The molecule has 2 aromatic rings. The van der Waals surface area contributed by atoms with Gasteiger partial charge < -0.3 is 19.9 Å². The number of ether oxygens (including phenoxy) is 1. The lowest BCUT2D eigenvalue weighted by molar-refractivity contribution is 0.336. The van der Waals surface area contributed by atoms with Gasteiger partial charge in [-0.1, -0.05) is 17.3 Å². The lowest BCUT2D eigenvalue weighted by Gasteiger charge is -2.14. The van der Waals surface area contributed by atoms with E-state index in [1.807, 2.05) is 13.8 Å². The van der Waals surface area contributed by atoms with E-state index in [0.717, 1.165) is 36.7 Å². The number of halogens is 1. The Morgan fingerprint density at radius 2 is 2.08 bits per heavy atom. The number of aryl methyl sites for hydroxylation is 3. The molecule has 0 aliphatic rings. The van der Waals surface area contributed by atoms with Crippen LogP contribution >= 0.6 is 24.0 Å². The molecule has 0 aliphatic heterocycles. The van der Waals surface area contributed by atoms with Crippen LogP contribution in [0.5, 0.6) is 5.75 Å². The molecule has 144 valence electrons. The van der Waals surface area contributed by atoms with E-state index in [4.69, 9.17) is 9.26 Å². The molecule has 0 unspecified atom stereocenters. The molecule has 1 aromatic carbocycles. The Bertz CT molecular complexity index is 703. The predicted octanol–water partition coefficient (Wildman–Crippen LogP) is 3.00. The minimum Gasteiger partial charge on any atom is -0.494 e. The van der Waals surface area contributed by atoms with Gasteiger partial charge in [0.2, 0.25) is 5.89 Å². The van der Waals surface area contributed by atoms with Gasteiger partial charge in [0.1, 0.15) is 5.75 Å². The van der Waals surface area contributed by atoms with E-state index in [1.165, 1.54) is 5.56 Å². The Labute approximate surface area is 172 Å². The van der Waals surface area contributed by atoms with Gasteiger partial charge in [-0.2, -0.15) is 4.98 Å². The average Bonchev–Trinajstić information content (AvgIpc) is 3.01. The minimum atomic E-state index is 0. The number of benzene rings is 1. The van der Waals surface area contributed by atoms with Crippen LogP contribution in [0.25, 0.3) is 0 Å². The third-order valence-corrected chi connectivity index (χ3v) is 3.62. The molecule has 0 bridgehead atoms. The number of aliphatic imine (C=N–C) groups is 1. The van der Waals surface area contributed by atoms with Crippen molar-refractivity contribution in [3.05, 3.63) is 41.0 Å². The van der Waals surface area contributed by atoms with Crippen LogP contribution in [0.4, 0.5) is 0 Å². The summed E-state index contributed by atoms with van der Waals surface area (Å²) in [7, 11) is 1.76. The first-order chi connectivity index (χ1) is 12.1. The Balaban J connectivity index is 0.00000338. The van der Waals surface area contributed by atoms with E-state index in [0.29, 0.717) is 24.9 Å². The third kappa shape index (κ3) is 7.19. The number of guanidine groups is 1. The summed E-state index contributed by atoms with van der Waals surface area (Å²) in [5.41, 5.74) is 2.29. The van der Waals surface area contributed by atoms with Gasteiger partial charge in [-0.25, -0.2) is 0 Å². The van der Waals surface area contributed by atoms with Gasteiger partial charge in [-0.05, 0) is 38.8 Å². The van der Waals surface area contributed by atoms with Crippen LogP contribution in [0.2, 0.25) is 0 Å². The van der Waals surface area contributed by atoms with Gasteiger partial charge in [-0.15, -0.1) is 24.0 Å². The normalized spacial score (nSPS) is 11.0. The van der Waals surface area contributed by atoms with E-state index < -0.39 is 0 Å². The monoisotopic (exact) mass is 473 g/mol. The SMILES string of the molecule is CCOc1cc(C)ccc1CNC(=NC)NCCCc1nc(C)no1.I. The highest BCUT2D eigenvalue weighted by Crippen LogP contribution is 2.20. The maximum atomic E-state index is 5.71. The van der Waals surface area contributed by atoms with Crippen molar-refractivity contribution < 1.29 is 9.26 Å². The first-order valence-electron chi connectivity index (χ1n) is 8.58. The molecule has 0 atom stereocenters. The zero-order valence-electron chi connectivity index (χ0n) is 15.8. The molecule has 0 saturated heterocycles. The number of rotatable bonds is 8. The Morgan fingerprint density at radius 1 is 1.27 bits per heavy atom. The zero-order chi connectivity index (χ0) is 18.1. The summed E-state index contributed by atoms with van der Waals surface area (Å²) in [6, 6.07) is 6.23. The molecule has 0 saturated carbocycles. The smallest absolute Gasteiger partial charge is 0.226 e. The summed E-state index contributed by atoms with van der Waals surface area (Å²) >= 11 is 0. The molecule has 1 heterocycles. The topological polar surface area (TPSA) is 84.6 Å². The zero-order valence-corrected chi connectivity index (χ0v) is 18.2. The second kappa shape index (κ2) is 11.7. The van der Waals surface area contributed by atoms with Crippen molar-refractivity contribution in [3.8, 4) is 5.75 Å². The summed E-state index contributed by atoms with van der Waals surface area (Å²) < 4.78 is 10.8. The molecule has 0 aliphatic carbocycles. The Hall–Kier alpha value is -1.84. The number of nitrogens with zero attached hydrogens (tertiary/aromatic N) is 3. The van der Waals surface area contributed by atoms with Gasteiger partial charge in [0.25, 0.3) is 0 Å². The van der Waals surface area contributed by atoms with Crippen LogP contribution in [0.15, 0.2) is 27.7 Å². The Morgan fingerprint density at radius 3 is 2.73 bits per heavy atom. The molecule has 0 fully saturated rings. The van der Waals surface area contributed by atoms with Crippen LogP contribution in [0.3, 0.4) is 0 Å². The Kier molecular flexibility index (Phi) is 10.0. The van der Waals surface area contributed by atoms with Crippen molar-refractivity contribution in [1.82, 2.24) is 20.8 Å². The first-order valence-corrected chi connectivity index (χ1v) is 8.58. The second-order valence-electron chi connectivity index (χ2n) is 5.74. The van der Waals surface area contributed by atoms with Crippen molar-refractivity contribution in [2.24, 2.45) is 4.99 Å². The van der Waals surface area contributed by atoms with Gasteiger partial charge in [0.15, 0.2) is 11.8 Å². The fourth-order valence-corrected chi connectivity index (χ4v) is 2.39. The van der Waals surface area contributed by atoms with Crippen molar-refractivity contribution in [2.75, 3.05) is 20.2 Å². The molecule has 7 nitrogen and oxygen atoms in total. The third-order valence-electron chi connectivity index (χ3n) is 3.62. The molecule has 0 spiro atoms. The fraction of sp³-hybridized carbons (Fsp3) is 0.500. The summed E-state index contributed by atoms with van der Waals surface area (Å²) in [6.45, 7) is 7.94. The molecule has 1 aromatic heterocycles. The highest BCUT2D eigenvalue weighted by molar-refractivity contribution is 14.0. The van der Waals surface area contributed by atoms with Gasteiger partial charge in [0, 0.05) is 32.1 Å². The van der Waals surface area contributed by atoms with Crippen LogP contribution in [0, 0.1) is 13.8 Å². The van der Waals surface area contributed by atoms with Crippen molar-refractivity contribution >= 4 is 29.9 Å². The lowest BCUT2D eigenvalue weighted by atomic mass is 10.1. The maximum absolute atomic E-state index is 5.71. The number of aromatic nitrogens is 2. The summed E-state index contributed by atoms with van der Waals surface area (Å²) in [5, 5.41) is 10.4. The molecule has 26 heavy (non-hydrogen) atoms. The lowest BCUT2D eigenvalue weighted by Crippen LogP contribution is -2.37. The average molecular weight is 473 g/mol. The van der Waals surface area contributed by atoms with E-state index in [9.17, 15) is 0 Å². The largest absolute Gasteiger partial charge is 0.494 e. The van der Waals surface area contributed by atoms with Crippen molar-refractivity contribution in [2.45, 2.75) is 40.2 Å². The molecule has 2 N–H and O–H groups in total. The van der Waals surface area contributed by atoms with Crippen molar-refractivity contribution in [1.29, 1.82) is 0 Å². The van der Waals surface area contributed by atoms with E-state index in [-0.39, 0.29) is 24.0 Å². The molecule has 2 rings (SSSR count). The van der Waals surface area contributed by atoms with Crippen LogP contribution in [-0.2, 0) is 13.0 Å². The molecule has 0 amide bonds. The van der Waals surface area contributed by atoms with Crippen LogP contribution in [0.1, 0.15) is 36.2 Å².